The minimum atomic E-state index is -3.65. The summed E-state index contributed by atoms with van der Waals surface area (Å²) in [5, 5.41) is 0. The number of anilines is 1. The second-order valence-electron chi connectivity index (χ2n) is 5.84. The molecule has 1 aliphatic carbocycles. The predicted molar refractivity (Wildman–Crippen MR) is 90.3 cm³/mol. The molecule has 0 aliphatic heterocycles. The van der Waals surface area contributed by atoms with Crippen LogP contribution in [0.25, 0.3) is 0 Å². The lowest BCUT2D eigenvalue weighted by molar-refractivity contribution is 0.101. The number of benzene rings is 2. The maximum absolute atomic E-state index is 12.6. The predicted octanol–water partition coefficient (Wildman–Crippen LogP) is 3.57. The molecule has 3 rings (SSSR count). The van der Waals surface area contributed by atoms with Crippen molar-refractivity contribution in [2.45, 2.75) is 37.5 Å². The van der Waals surface area contributed by atoms with E-state index in [0.717, 1.165) is 31.2 Å². The van der Waals surface area contributed by atoms with Gasteiger partial charge in [-0.2, -0.15) is 0 Å². The van der Waals surface area contributed by atoms with E-state index in [1.54, 1.807) is 0 Å². The monoisotopic (exact) mass is 329 g/mol. The Labute approximate surface area is 136 Å². The second-order valence-corrected chi connectivity index (χ2v) is 7.52. The van der Waals surface area contributed by atoms with Crippen LogP contribution < -0.4 is 4.72 Å². The van der Waals surface area contributed by atoms with Crippen molar-refractivity contribution in [2.75, 3.05) is 4.72 Å². The molecule has 1 aliphatic rings. The van der Waals surface area contributed by atoms with Crippen LogP contribution in [0.2, 0.25) is 0 Å². The number of carbonyl (C=O) groups is 1. The molecule has 4 nitrogen and oxygen atoms in total. The lowest BCUT2D eigenvalue weighted by Gasteiger charge is -2.20. The average Bonchev–Trinajstić information content (AvgIpc) is 2.55. The van der Waals surface area contributed by atoms with E-state index in [1.165, 1.54) is 36.8 Å². The summed E-state index contributed by atoms with van der Waals surface area (Å²) in [4.78, 5) is 11.5. The first kappa shape index (κ1) is 15.7. The SMILES string of the molecule is CC(=O)c1ccc(S(=O)(=O)Nc2cccc3c2CCCC3)cc1. The molecule has 0 heterocycles. The fourth-order valence-electron chi connectivity index (χ4n) is 2.95. The van der Waals surface area contributed by atoms with Crippen molar-refractivity contribution < 1.29 is 13.2 Å². The zero-order valence-electron chi connectivity index (χ0n) is 13.0. The number of rotatable bonds is 4. The van der Waals surface area contributed by atoms with Crippen LogP contribution in [0.4, 0.5) is 5.69 Å². The molecule has 0 aromatic heterocycles. The van der Waals surface area contributed by atoms with Gasteiger partial charge in [-0.3, -0.25) is 9.52 Å². The van der Waals surface area contributed by atoms with Crippen molar-refractivity contribution >= 4 is 21.5 Å². The molecule has 0 saturated carbocycles. The maximum Gasteiger partial charge on any atom is 0.261 e. The first-order valence-electron chi connectivity index (χ1n) is 7.72. The highest BCUT2D eigenvalue weighted by Gasteiger charge is 2.19. The molecular weight excluding hydrogens is 310 g/mol. The summed E-state index contributed by atoms with van der Waals surface area (Å²) in [7, 11) is -3.65. The number of hydrogen-bond donors (Lipinski definition) is 1. The van der Waals surface area contributed by atoms with Crippen molar-refractivity contribution in [3.05, 3.63) is 59.2 Å². The average molecular weight is 329 g/mol. The van der Waals surface area contributed by atoms with Crippen LogP contribution in [0.1, 0.15) is 41.3 Å². The van der Waals surface area contributed by atoms with E-state index < -0.39 is 10.0 Å². The molecule has 120 valence electrons. The Hall–Kier alpha value is -2.14. The highest BCUT2D eigenvalue weighted by molar-refractivity contribution is 7.92. The molecule has 0 bridgehead atoms. The van der Waals surface area contributed by atoms with E-state index >= 15 is 0 Å². The standard InChI is InChI=1S/C18H19NO3S/c1-13(20)14-9-11-16(12-10-14)23(21,22)19-18-8-4-6-15-5-2-3-7-17(15)18/h4,6,8-12,19H,2-3,5,7H2,1H3. The summed E-state index contributed by atoms with van der Waals surface area (Å²) in [5.41, 5.74) is 3.49. The lowest BCUT2D eigenvalue weighted by atomic mass is 9.91. The normalized spacial score (nSPS) is 14.1. The Kier molecular flexibility index (Phi) is 4.22. The van der Waals surface area contributed by atoms with E-state index in [4.69, 9.17) is 0 Å². The lowest BCUT2D eigenvalue weighted by Crippen LogP contribution is -2.16. The van der Waals surface area contributed by atoms with E-state index in [1.807, 2.05) is 12.1 Å². The highest BCUT2D eigenvalue weighted by atomic mass is 32.2. The number of aryl methyl sites for hydroxylation is 1. The van der Waals surface area contributed by atoms with E-state index in [-0.39, 0.29) is 10.7 Å². The van der Waals surface area contributed by atoms with Gasteiger partial charge in [-0.15, -0.1) is 0 Å². The van der Waals surface area contributed by atoms with E-state index in [9.17, 15) is 13.2 Å². The molecule has 0 spiro atoms. The van der Waals surface area contributed by atoms with Crippen LogP contribution in [-0.2, 0) is 22.9 Å². The summed E-state index contributed by atoms with van der Waals surface area (Å²) >= 11 is 0. The van der Waals surface area contributed by atoms with Gasteiger partial charge in [-0.25, -0.2) is 8.42 Å². The Morgan fingerprint density at radius 2 is 1.70 bits per heavy atom. The minimum Gasteiger partial charge on any atom is -0.295 e. The number of Topliss-reactive ketones (excluding diaryl/α,β-unsaturated/α-hetero) is 1. The Morgan fingerprint density at radius 1 is 1.00 bits per heavy atom. The van der Waals surface area contributed by atoms with Crippen molar-refractivity contribution in [3.63, 3.8) is 0 Å². The van der Waals surface area contributed by atoms with Gasteiger partial charge >= 0.3 is 0 Å². The first-order valence-corrected chi connectivity index (χ1v) is 9.20. The summed E-state index contributed by atoms with van der Waals surface area (Å²) in [6.07, 6.45) is 4.13. The Morgan fingerprint density at radius 3 is 2.39 bits per heavy atom. The number of nitrogens with one attached hydrogen (secondary N) is 1. The molecule has 0 fully saturated rings. The van der Waals surface area contributed by atoms with Gasteiger partial charge in [0.25, 0.3) is 10.0 Å². The van der Waals surface area contributed by atoms with Gasteiger partial charge in [0.2, 0.25) is 0 Å². The zero-order valence-corrected chi connectivity index (χ0v) is 13.8. The van der Waals surface area contributed by atoms with Crippen LogP contribution >= 0.6 is 0 Å². The molecule has 1 N–H and O–H groups in total. The van der Waals surface area contributed by atoms with Crippen molar-refractivity contribution in [1.82, 2.24) is 0 Å². The summed E-state index contributed by atoms with van der Waals surface area (Å²) in [5.74, 6) is -0.0842. The van der Waals surface area contributed by atoms with E-state index in [0.29, 0.717) is 11.3 Å². The zero-order chi connectivity index (χ0) is 16.4. The molecule has 0 unspecified atom stereocenters. The Bertz CT molecular complexity index is 839. The van der Waals surface area contributed by atoms with Gasteiger partial charge in [-0.1, -0.05) is 24.3 Å². The Balaban J connectivity index is 1.91. The second kappa shape index (κ2) is 6.16. The third-order valence-electron chi connectivity index (χ3n) is 4.21. The van der Waals surface area contributed by atoms with Gasteiger partial charge < -0.3 is 0 Å². The molecule has 23 heavy (non-hydrogen) atoms. The van der Waals surface area contributed by atoms with E-state index in [2.05, 4.69) is 10.8 Å². The van der Waals surface area contributed by atoms with Gasteiger partial charge in [-0.05, 0) is 61.9 Å². The molecule has 0 amide bonds. The molecule has 2 aromatic rings. The van der Waals surface area contributed by atoms with Crippen molar-refractivity contribution in [3.8, 4) is 0 Å². The number of hydrogen-bond acceptors (Lipinski definition) is 3. The first-order chi connectivity index (χ1) is 11.0. The van der Waals surface area contributed by atoms with Gasteiger partial charge in [0, 0.05) is 5.56 Å². The molecule has 0 atom stereocenters. The topological polar surface area (TPSA) is 63.2 Å². The van der Waals surface area contributed by atoms with Crippen LogP contribution in [-0.4, -0.2) is 14.2 Å². The third-order valence-corrected chi connectivity index (χ3v) is 5.59. The van der Waals surface area contributed by atoms with Crippen LogP contribution in [0.5, 0.6) is 0 Å². The largest absolute Gasteiger partial charge is 0.295 e. The number of sulfonamides is 1. The molecule has 2 aromatic carbocycles. The summed E-state index contributed by atoms with van der Waals surface area (Å²) in [6.45, 7) is 1.46. The molecular formula is C18H19NO3S. The number of carbonyl (C=O) groups excluding carboxylic acids is 1. The molecule has 5 heteroatoms. The smallest absolute Gasteiger partial charge is 0.261 e. The van der Waals surface area contributed by atoms with Gasteiger partial charge in [0.15, 0.2) is 5.78 Å². The summed E-state index contributed by atoms with van der Waals surface area (Å²) < 4.78 is 27.8. The van der Waals surface area contributed by atoms with Gasteiger partial charge in [0.1, 0.15) is 0 Å². The quantitative estimate of drug-likeness (QED) is 0.872. The summed E-state index contributed by atoms with van der Waals surface area (Å²) in [6, 6.07) is 11.8. The van der Waals surface area contributed by atoms with Crippen molar-refractivity contribution in [1.29, 1.82) is 0 Å². The third kappa shape index (κ3) is 3.29. The fraction of sp³-hybridized carbons (Fsp3) is 0.278. The van der Waals surface area contributed by atoms with Gasteiger partial charge in [0.05, 0.1) is 10.6 Å². The van der Waals surface area contributed by atoms with Crippen LogP contribution in [0.15, 0.2) is 47.4 Å². The number of ketones is 1. The van der Waals surface area contributed by atoms with Crippen LogP contribution in [0.3, 0.4) is 0 Å². The van der Waals surface area contributed by atoms with Crippen molar-refractivity contribution in [2.24, 2.45) is 0 Å². The maximum atomic E-state index is 12.6. The molecule has 0 saturated heterocycles. The van der Waals surface area contributed by atoms with Crippen LogP contribution in [0, 0.1) is 0 Å². The minimum absolute atomic E-state index is 0.0842. The fourth-order valence-corrected chi connectivity index (χ4v) is 4.04. The highest BCUT2D eigenvalue weighted by Crippen LogP contribution is 2.29. The number of fused-ring (bicyclic) bond motifs is 1. The molecule has 0 radical (unpaired) electrons.